The maximum absolute atomic E-state index is 11.9. The summed E-state index contributed by atoms with van der Waals surface area (Å²) >= 11 is 0. The van der Waals surface area contributed by atoms with Crippen molar-refractivity contribution < 1.29 is 13.2 Å². The molecule has 0 atom stereocenters. The molecular weight excluding hydrogens is 288 g/mol. The predicted octanol–water partition coefficient (Wildman–Crippen LogP) is 0.888. The fourth-order valence-corrected chi connectivity index (χ4v) is 3.08. The maximum Gasteiger partial charge on any atom is 0.235 e. The highest BCUT2D eigenvalue weighted by Crippen LogP contribution is 2.05. The monoisotopic (exact) mass is 312 g/mol. The Balaban J connectivity index is 2.42. The highest BCUT2D eigenvalue weighted by Gasteiger charge is 2.22. The lowest BCUT2D eigenvalue weighted by Crippen LogP contribution is -2.50. The quantitative estimate of drug-likeness (QED) is 0.746. The minimum Gasteiger partial charge on any atom is -0.349 e. The molecular formula is C15H24N2O3S. The summed E-state index contributed by atoms with van der Waals surface area (Å²) in [5.74, 6) is -0.964. The van der Waals surface area contributed by atoms with E-state index < -0.39 is 27.0 Å². The molecule has 0 unspecified atom stereocenters. The molecule has 0 fully saturated rings. The van der Waals surface area contributed by atoms with Gasteiger partial charge in [-0.3, -0.25) is 4.79 Å². The van der Waals surface area contributed by atoms with Gasteiger partial charge in [-0.25, -0.2) is 8.42 Å². The van der Waals surface area contributed by atoms with E-state index in [0.29, 0.717) is 12.8 Å². The van der Waals surface area contributed by atoms with E-state index in [2.05, 4.69) is 5.32 Å². The van der Waals surface area contributed by atoms with Crippen molar-refractivity contribution in [3.05, 3.63) is 35.9 Å². The third-order valence-electron chi connectivity index (χ3n) is 3.10. The van der Waals surface area contributed by atoms with Crippen LogP contribution in [0.5, 0.6) is 0 Å². The van der Waals surface area contributed by atoms with Crippen LogP contribution in [0.3, 0.4) is 0 Å². The van der Waals surface area contributed by atoms with E-state index >= 15 is 0 Å². The zero-order valence-corrected chi connectivity index (χ0v) is 13.4. The van der Waals surface area contributed by atoms with Gasteiger partial charge in [-0.05, 0) is 32.3 Å². The molecule has 1 amide bonds. The van der Waals surface area contributed by atoms with Crippen LogP contribution in [0.2, 0.25) is 0 Å². The molecule has 1 rings (SSSR count). The Bertz CT molecular complexity index is 554. The smallest absolute Gasteiger partial charge is 0.235 e. The summed E-state index contributed by atoms with van der Waals surface area (Å²) in [4.78, 5) is 11.7. The van der Waals surface area contributed by atoms with Crippen molar-refractivity contribution in [2.75, 3.05) is 18.1 Å². The summed E-state index contributed by atoms with van der Waals surface area (Å²) in [5.41, 5.74) is 6.01. The Morgan fingerprint density at radius 2 is 1.86 bits per heavy atom. The number of benzene rings is 1. The van der Waals surface area contributed by atoms with Crippen LogP contribution in [-0.4, -0.2) is 37.9 Å². The second-order valence-corrected chi connectivity index (χ2v) is 8.00. The van der Waals surface area contributed by atoms with Crippen LogP contribution in [0.4, 0.5) is 0 Å². The van der Waals surface area contributed by atoms with Crippen LogP contribution in [0.1, 0.15) is 25.8 Å². The maximum atomic E-state index is 11.9. The van der Waals surface area contributed by atoms with Gasteiger partial charge in [-0.1, -0.05) is 30.3 Å². The van der Waals surface area contributed by atoms with Crippen molar-refractivity contribution in [2.45, 2.75) is 32.2 Å². The first-order valence-electron chi connectivity index (χ1n) is 6.99. The molecule has 0 heterocycles. The molecule has 0 aliphatic heterocycles. The summed E-state index contributed by atoms with van der Waals surface area (Å²) in [6.45, 7) is 3.77. The predicted molar refractivity (Wildman–Crippen MR) is 84.7 cm³/mol. The van der Waals surface area contributed by atoms with Gasteiger partial charge in [0.15, 0.2) is 9.84 Å². The Hall–Kier alpha value is -1.40. The minimum absolute atomic E-state index is 0.0123. The lowest BCUT2D eigenvalue weighted by Gasteiger charge is -2.24. The van der Waals surface area contributed by atoms with Crippen molar-refractivity contribution in [2.24, 2.45) is 5.73 Å². The van der Waals surface area contributed by atoms with Crippen molar-refractivity contribution in [3.63, 3.8) is 0 Å². The van der Waals surface area contributed by atoms with E-state index in [4.69, 9.17) is 5.73 Å². The Morgan fingerprint density at radius 3 is 2.43 bits per heavy atom. The van der Waals surface area contributed by atoms with Gasteiger partial charge in [0.25, 0.3) is 0 Å². The molecule has 0 saturated carbocycles. The molecule has 118 valence electrons. The number of sulfone groups is 1. The third-order valence-corrected chi connectivity index (χ3v) is 4.72. The summed E-state index contributed by atoms with van der Waals surface area (Å²) in [6.07, 6.45) is 1.20. The van der Waals surface area contributed by atoms with E-state index in [0.717, 1.165) is 5.56 Å². The summed E-state index contributed by atoms with van der Waals surface area (Å²) < 4.78 is 23.8. The molecule has 0 radical (unpaired) electrons. The summed E-state index contributed by atoms with van der Waals surface area (Å²) in [5, 5.41) is 2.63. The van der Waals surface area contributed by atoms with Crippen molar-refractivity contribution in [1.29, 1.82) is 0 Å². The number of aryl methyl sites for hydroxylation is 1. The number of nitrogens with one attached hydrogen (secondary N) is 1. The fraction of sp³-hybridized carbons (Fsp3) is 0.533. The molecule has 0 aromatic heterocycles. The van der Waals surface area contributed by atoms with E-state index in [9.17, 15) is 13.2 Å². The lowest BCUT2D eigenvalue weighted by atomic mass is 10.1. The second kappa shape index (κ2) is 7.56. The van der Waals surface area contributed by atoms with Crippen molar-refractivity contribution >= 4 is 15.7 Å². The number of hydrogen-bond donors (Lipinski definition) is 2. The van der Waals surface area contributed by atoms with Gasteiger partial charge in [-0.15, -0.1) is 0 Å². The molecule has 21 heavy (non-hydrogen) atoms. The van der Waals surface area contributed by atoms with Crippen LogP contribution in [0, 0.1) is 0 Å². The first kappa shape index (κ1) is 17.7. The topological polar surface area (TPSA) is 89.3 Å². The van der Waals surface area contributed by atoms with Gasteiger partial charge in [0.2, 0.25) is 5.91 Å². The number of amides is 1. The SMILES string of the molecule is CC(C)(CN)NC(=O)CS(=O)(=O)CCCc1ccccc1. The van der Waals surface area contributed by atoms with Gasteiger partial charge in [0, 0.05) is 12.1 Å². The largest absolute Gasteiger partial charge is 0.349 e. The van der Waals surface area contributed by atoms with Crippen molar-refractivity contribution in [3.8, 4) is 0 Å². The second-order valence-electron chi connectivity index (χ2n) is 5.82. The van der Waals surface area contributed by atoms with Crippen LogP contribution >= 0.6 is 0 Å². The Labute approximate surface area is 126 Å². The van der Waals surface area contributed by atoms with E-state index in [-0.39, 0.29) is 12.3 Å². The van der Waals surface area contributed by atoms with E-state index in [1.54, 1.807) is 13.8 Å². The van der Waals surface area contributed by atoms with Gasteiger partial charge in [0.1, 0.15) is 5.75 Å². The third kappa shape index (κ3) is 7.24. The molecule has 0 bridgehead atoms. The number of carbonyl (C=O) groups excluding carboxylic acids is 1. The molecule has 5 nitrogen and oxygen atoms in total. The normalized spacial score (nSPS) is 12.1. The summed E-state index contributed by atoms with van der Waals surface area (Å²) in [7, 11) is -3.38. The molecule has 6 heteroatoms. The van der Waals surface area contributed by atoms with Crippen LogP contribution in [0.25, 0.3) is 0 Å². The average molecular weight is 312 g/mol. The van der Waals surface area contributed by atoms with Gasteiger partial charge in [0.05, 0.1) is 5.75 Å². The number of carbonyl (C=O) groups is 1. The molecule has 0 aliphatic carbocycles. The van der Waals surface area contributed by atoms with E-state index in [1.165, 1.54) is 0 Å². The molecule has 1 aromatic rings. The number of nitrogens with two attached hydrogens (primary N) is 1. The average Bonchev–Trinajstić information content (AvgIpc) is 2.38. The van der Waals surface area contributed by atoms with Crippen LogP contribution in [0.15, 0.2) is 30.3 Å². The van der Waals surface area contributed by atoms with Gasteiger partial charge in [-0.2, -0.15) is 0 Å². The molecule has 3 N–H and O–H groups in total. The Kier molecular flexibility index (Phi) is 6.36. The number of rotatable bonds is 8. The zero-order valence-electron chi connectivity index (χ0n) is 12.6. The molecule has 0 aliphatic rings. The van der Waals surface area contributed by atoms with Crippen LogP contribution in [-0.2, 0) is 21.1 Å². The lowest BCUT2D eigenvalue weighted by molar-refractivity contribution is -0.120. The van der Waals surface area contributed by atoms with E-state index in [1.807, 2.05) is 30.3 Å². The minimum atomic E-state index is -3.38. The highest BCUT2D eigenvalue weighted by molar-refractivity contribution is 7.92. The first-order chi connectivity index (χ1) is 9.74. The number of hydrogen-bond acceptors (Lipinski definition) is 4. The van der Waals surface area contributed by atoms with Gasteiger partial charge >= 0.3 is 0 Å². The molecule has 0 saturated heterocycles. The molecule has 1 aromatic carbocycles. The molecule has 0 spiro atoms. The first-order valence-corrected chi connectivity index (χ1v) is 8.82. The Morgan fingerprint density at radius 1 is 1.24 bits per heavy atom. The standard InChI is InChI=1S/C15H24N2O3S/c1-15(2,12-16)17-14(18)11-21(19,20)10-6-9-13-7-4-3-5-8-13/h3-5,7-8H,6,9-12,16H2,1-2H3,(H,17,18). The summed E-state index contributed by atoms with van der Waals surface area (Å²) in [6, 6.07) is 9.69. The van der Waals surface area contributed by atoms with Crippen molar-refractivity contribution in [1.82, 2.24) is 5.32 Å². The van der Waals surface area contributed by atoms with Crippen LogP contribution < -0.4 is 11.1 Å². The highest BCUT2D eigenvalue weighted by atomic mass is 32.2. The van der Waals surface area contributed by atoms with Gasteiger partial charge < -0.3 is 11.1 Å². The zero-order chi connectivity index (χ0) is 15.9. The fourth-order valence-electron chi connectivity index (χ4n) is 1.88.